The normalized spacial score (nSPS) is 12.0. The molecule has 0 aliphatic carbocycles. The molecule has 42 heavy (non-hydrogen) atoms. The minimum atomic E-state index is -4.13. The number of amides is 2. The van der Waals surface area contributed by atoms with Crippen molar-refractivity contribution in [2.24, 2.45) is 0 Å². The third-order valence-corrected chi connectivity index (χ3v) is 9.21. The predicted octanol–water partition coefficient (Wildman–Crippen LogP) is 5.54. The quantitative estimate of drug-likeness (QED) is 0.248. The van der Waals surface area contributed by atoms with Gasteiger partial charge in [-0.25, -0.2) is 8.42 Å². The van der Waals surface area contributed by atoms with Gasteiger partial charge < -0.3 is 15.0 Å². The number of carbonyl (C=O) groups is 2. The molecule has 1 N–H and O–H groups in total. The lowest BCUT2D eigenvalue weighted by Gasteiger charge is -2.33. The van der Waals surface area contributed by atoms with Crippen molar-refractivity contribution in [2.75, 3.05) is 24.5 Å². The second-order valence-electron chi connectivity index (χ2n) is 10.5. The lowest BCUT2D eigenvalue weighted by molar-refractivity contribution is -0.140. The molecule has 1 atom stereocenters. The van der Waals surface area contributed by atoms with E-state index >= 15 is 0 Å². The zero-order valence-electron chi connectivity index (χ0n) is 25.5. The molecule has 0 bridgehead atoms. The van der Waals surface area contributed by atoms with Crippen molar-refractivity contribution >= 4 is 27.5 Å². The van der Waals surface area contributed by atoms with Crippen LogP contribution in [0.4, 0.5) is 5.69 Å². The van der Waals surface area contributed by atoms with E-state index in [1.165, 1.54) is 9.21 Å². The maximum Gasteiger partial charge on any atom is 0.264 e. The van der Waals surface area contributed by atoms with Crippen molar-refractivity contribution in [3.05, 3.63) is 89.0 Å². The largest absolute Gasteiger partial charge is 0.497 e. The van der Waals surface area contributed by atoms with Crippen LogP contribution in [0.2, 0.25) is 0 Å². The van der Waals surface area contributed by atoms with Gasteiger partial charge in [-0.3, -0.25) is 13.9 Å². The zero-order chi connectivity index (χ0) is 30.9. The molecule has 0 heterocycles. The molecule has 0 aliphatic heterocycles. The van der Waals surface area contributed by atoms with Crippen molar-refractivity contribution in [3.63, 3.8) is 0 Å². The maximum absolute atomic E-state index is 14.3. The molecule has 0 aromatic heterocycles. The van der Waals surface area contributed by atoms with E-state index in [2.05, 4.69) is 5.32 Å². The van der Waals surface area contributed by atoms with Crippen LogP contribution < -0.4 is 14.4 Å². The number of rotatable bonds is 14. The maximum atomic E-state index is 14.3. The number of benzene rings is 3. The average Bonchev–Trinajstić information content (AvgIpc) is 2.97. The molecule has 0 radical (unpaired) electrons. The highest BCUT2D eigenvalue weighted by molar-refractivity contribution is 7.92. The van der Waals surface area contributed by atoms with Crippen LogP contribution in [-0.4, -0.2) is 51.4 Å². The molecule has 2 amide bonds. The molecule has 9 heteroatoms. The van der Waals surface area contributed by atoms with E-state index < -0.39 is 28.5 Å². The summed E-state index contributed by atoms with van der Waals surface area (Å²) in [6.45, 7) is 9.67. The van der Waals surface area contributed by atoms with Gasteiger partial charge in [0.1, 0.15) is 18.3 Å². The molecule has 3 rings (SSSR count). The Kier molecular flexibility index (Phi) is 11.6. The Balaban J connectivity index is 2.09. The summed E-state index contributed by atoms with van der Waals surface area (Å²) in [5, 5.41) is 2.95. The van der Waals surface area contributed by atoms with Gasteiger partial charge in [0.2, 0.25) is 11.8 Å². The number of ether oxygens (including phenoxy) is 1. The highest BCUT2D eigenvalue weighted by atomic mass is 32.2. The number of unbranched alkanes of at least 4 members (excludes halogenated alkanes) is 1. The SMILES string of the molecule is CCCCNC(=O)C(CC)N(Cc1cccc(OC)c1)C(=O)CN(c1cccc(C)c1C)S(=O)(=O)c1ccc(C)cc1. The van der Waals surface area contributed by atoms with E-state index in [0.717, 1.165) is 35.1 Å². The second-order valence-corrected chi connectivity index (χ2v) is 12.3. The van der Waals surface area contributed by atoms with E-state index in [1.54, 1.807) is 49.6 Å². The Labute approximate surface area is 250 Å². The van der Waals surface area contributed by atoms with Crippen molar-refractivity contribution in [1.82, 2.24) is 10.2 Å². The Hall–Kier alpha value is -3.85. The molecule has 3 aromatic rings. The molecule has 0 saturated heterocycles. The van der Waals surface area contributed by atoms with Crippen LogP contribution in [0.15, 0.2) is 71.6 Å². The summed E-state index contributed by atoms with van der Waals surface area (Å²) in [4.78, 5) is 29.2. The molecule has 0 spiro atoms. The van der Waals surface area contributed by atoms with E-state index in [1.807, 2.05) is 58.9 Å². The number of hydrogen-bond acceptors (Lipinski definition) is 5. The molecule has 0 aliphatic rings. The van der Waals surface area contributed by atoms with Gasteiger partial charge in [-0.2, -0.15) is 0 Å². The topological polar surface area (TPSA) is 96.0 Å². The van der Waals surface area contributed by atoms with Crippen LogP contribution in [0.1, 0.15) is 55.4 Å². The fraction of sp³-hybridized carbons (Fsp3) is 0.394. The van der Waals surface area contributed by atoms with Crippen LogP contribution in [0.25, 0.3) is 0 Å². The first-order valence-electron chi connectivity index (χ1n) is 14.4. The van der Waals surface area contributed by atoms with E-state index in [4.69, 9.17) is 4.74 Å². The number of nitrogens with one attached hydrogen (secondary N) is 1. The molecule has 3 aromatic carbocycles. The van der Waals surface area contributed by atoms with Gasteiger partial charge in [0, 0.05) is 13.1 Å². The van der Waals surface area contributed by atoms with E-state index in [-0.39, 0.29) is 17.3 Å². The smallest absolute Gasteiger partial charge is 0.264 e. The summed E-state index contributed by atoms with van der Waals surface area (Å²) in [7, 11) is -2.56. The number of anilines is 1. The first-order valence-corrected chi connectivity index (χ1v) is 15.8. The van der Waals surface area contributed by atoms with Gasteiger partial charge in [-0.1, -0.05) is 62.2 Å². The third-order valence-electron chi connectivity index (χ3n) is 7.44. The molecule has 8 nitrogen and oxygen atoms in total. The number of carbonyl (C=O) groups excluding carboxylic acids is 2. The number of sulfonamides is 1. The summed E-state index contributed by atoms with van der Waals surface area (Å²) in [6.07, 6.45) is 2.11. The van der Waals surface area contributed by atoms with Crippen molar-refractivity contribution < 1.29 is 22.7 Å². The van der Waals surface area contributed by atoms with Crippen molar-refractivity contribution in [2.45, 2.75) is 71.4 Å². The fourth-order valence-corrected chi connectivity index (χ4v) is 6.22. The Morgan fingerprint density at radius 2 is 1.64 bits per heavy atom. The van der Waals surface area contributed by atoms with Crippen LogP contribution in [0, 0.1) is 20.8 Å². The van der Waals surface area contributed by atoms with Gasteiger partial charge in [-0.15, -0.1) is 0 Å². The van der Waals surface area contributed by atoms with Gasteiger partial charge >= 0.3 is 0 Å². The Bertz CT molecular complexity index is 1470. The zero-order valence-corrected chi connectivity index (χ0v) is 26.3. The van der Waals surface area contributed by atoms with Crippen LogP contribution >= 0.6 is 0 Å². The summed E-state index contributed by atoms with van der Waals surface area (Å²) in [5.74, 6) is -0.118. The Morgan fingerprint density at radius 1 is 0.952 bits per heavy atom. The van der Waals surface area contributed by atoms with Crippen LogP contribution in [0.3, 0.4) is 0 Å². The second kappa shape index (κ2) is 14.9. The lowest BCUT2D eigenvalue weighted by atomic mass is 10.1. The number of nitrogens with zero attached hydrogens (tertiary/aromatic N) is 2. The summed E-state index contributed by atoms with van der Waals surface area (Å²) >= 11 is 0. The van der Waals surface area contributed by atoms with E-state index in [9.17, 15) is 18.0 Å². The summed E-state index contributed by atoms with van der Waals surface area (Å²) < 4.78 is 34.8. The monoisotopic (exact) mass is 593 g/mol. The highest BCUT2D eigenvalue weighted by Crippen LogP contribution is 2.29. The fourth-order valence-electron chi connectivity index (χ4n) is 4.75. The molecular weight excluding hydrogens is 550 g/mol. The van der Waals surface area contributed by atoms with Gasteiger partial charge in [-0.05, 0) is 80.6 Å². The van der Waals surface area contributed by atoms with Crippen LogP contribution in [-0.2, 0) is 26.2 Å². The first kappa shape index (κ1) is 32.7. The van der Waals surface area contributed by atoms with Gasteiger partial charge in [0.25, 0.3) is 10.0 Å². The Morgan fingerprint density at radius 3 is 2.29 bits per heavy atom. The number of hydrogen-bond donors (Lipinski definition) is 1. The van der Waals surface area contributed by atoms with Gasteiger partial charge in [0.15, 0.2) is 0 Å². The summed E-state index contributed by atoms with van der Waals surface area (Å²) in [6, 6.07) is 18.5. The number of aryl methyl sites for hydroxylation is 2. The third kappa shape index (κ3) is 7.91. The van der Waals surface area contributed by atoms with Crippen molar-refractivity contribution in [1.29, 1.82) is 0 Å². The minimum Gasteiger partial charge on any atom is -0.497 e. The molecule has 0 saturated carbocycles. The van der Waals surface area contributed by atoms with Gasteiger partial charge in [0.05, 0.1) is 17.7 Å². The molecular formula is C33H43N3O5S. The van der Waals surface area contributed by atoms with E-state index in [0.29, 0.717) is 24.4 Å². The predicted molar refractivity (Wildman–Crippen MR) is 167 cm³/mol. The number of methoxy groups -OCH3 is 1. The minimum absolute atomic E-state index is 0.0884. The first-order chi connectivity index (χ1) is 20.0. The average molecular weight is 594 g/mol. The molecule has 1 unspecified atom stereocenters. The molecule has 0 fully saturated rings. The van der Waals surface area contributed by atoms with Crippen molar-refractivity contribution in [3.8, 4) is 5.75 Å². The molecule has 226 valence electrons. The highest BCUT2D eigenvalue weighted by Gasteiger charge is 2.34. The lowest BCUT2D eigenvalue weighted by Crippen LogP contribution is -2.52. The standard InChI is InChI=1S/C33H43N3O5S/c1-7-9-20-34-33(38)30(8-2)35(22-27-13-11-14-28(21-27)41-6)32(37)23-36(31-15-10-12-25(4)26(31)5)42(39,40)29-18-16-24(3)17-19-29/h10-19,21,30H,7-9,20,22-23H2,1-6H3,(H,34,38). The summed E-state index contributed by atoms with van der Waals surface area (Å²) in [5.41, 5.74) is 3.77. The van der Waals surface area contributed by atoms with Crippen LogP contribution in [0.5, 0.6) is 5.75 Å².